The highest BCUT2D eigenvalue weighted by Gasteiger charge is 2.14. The molecule has 0 radical (unpaired) electrons. The first-order chi connectivity index (χ1) is 10.1. The largest absolute Gasteiger partial charge is 0.314 e. The molecule has 0 aliphatic heterocycles. The summed E-state index contributed by atoms with van der Waals surface area (Å²) in [5.41, 5.74) is 1.98. The van der Waals surface area contributed by atoms with Crippen LogP contribution in [0.3, 0.4) is 0 Å². The van der Waals surface area contributed by atoms with Crippen molar-refractivity contribution < 1.29 is 4.39 Å². The summed E-state index contributed by atoms with van der Waals surface area (Å²) in [5, 5.41) is 3.45. The van der Waals surface area contributed by atoms with Gasteiger partial charge < -0.3 is 5.32 Å². The average molecular weight is 415 g/mol. The summed E-state index contributed by atoms with van der Waals surface area (Å²) in [5.74, 6) is -0.153. The molecular weight excluding hydrogens is 397 g/mol. The lowest BCUT2D eigenvalue weighted by Crippen LogP contribution is -2.33. The predicted molar refractivity (Wildman–Crippen MR) is 93.1 cm³/mol. The van der Waals surface area contributed by atoms with Gasteiger partial charge in [0.1, 0.15) is 5.82 Å². The van der Waals surface area contributed by atoms with Crippen molar-refractivity contribution >= 4 is 31.9 Å². The molecule has 1 atom stereocenters. The number of benzene rings is 2. The van der Waals surface area contributed by atoms with Gasteiger partial charge in [-0.3, -0.25) is 0 Å². The van der Waals surface area contributed by atoms with E-state index in [0.29, 0.717) is 6.42 Å². The minimum atomic E-state index is -0.153. The fourth-order valence-electron chi connectivity index (χ4n) is 2.39. The molecule has 21 heavy (non-hydrogen) atoms. The van der Waals surface area contributed by atoms with Crippen molar-refractivity contribution in [1.29, 1.82) is 0 Å². The van der Waals surface area contributed by atoms with Crippen molar-refractivity contribution in [2.45, 2.75) is 25.8 Å². The Morgan fingerprint density at radius 2 is 1.76 bits per heavy atom. The third-order valence-electron chi connectivity index (χ3n) is 3.40. The third-order valence-corrected chi connectivity index (χ3v) is 4.67. The predicted octanol–water partition coefficient (Wildman–Crippen LogP) is 5.11. The van der Waals surface area contributed by atoms with Crippen molar-refractivity contribution in [3.8, 4) is 0 Å². The molecule has 112 valence electrons. The Balaban J connectivity index is 2.14. The van der Waals surface area contributed by atoms with Crippen LogP contribution in [-0.4, -0.2) is 12.6 Å². The Bertz CT molecular complexity index is 601. The molecular formula is C17H18Br2FN. The van der Waals surface area contributed by atoms with Crippen LogP contribution in [0.2, 0.25) is 0 Å². The van der Waals surface area contributed by atoms with Crippen molar-refractivity contribution in [2.75, 3.05) is 6.54 Å². The molecule has 0 spiro atoms. The summed E-state index contributed by atoms with van der Waals surface area (Å²) >= 11 is 6.87. The first kappa shape index (κ1) is 16.7. The highest BCUT2D eigenvalue weighted by atomic mass is 79.9. The fourth-order valence-corrected chi connectivity index (χ4v) is 3.17. The van der Waals surface area contributed by atoms with Gasteiger partial charge in [-0.25, -0.2) is 4.39 Å². The molecule has 2 aromatic carbocycles. The fraction of sp³-hybridized carbons (Fsp3) is 0.294. The quantitative estimate of drug-likeness (QED) is 0.692. The molecule has 0 bridgehead atoms. The SMILES string of the molecule is CCNC(Cc1ccc(Br)cc1F)Cc1ccccc1Br. The maximum absolute atomic E-state index is 14.0. The van der Waals surface area contributed by atoms with Gasteiger partial charge in [0, 0.05) is 15.0 Å². The number of likely N-dealkylation sites (N-methyl/N-ethyl adjacent to an activating group) is 1. The van der Waals surface area contributed by atoms with Gasteiger partial charge in [-0.2, -0.15) is 0 Å². The summed E-state index contributed by atoms with van der Waals surface area (Å²) in [6.45, 7) is 2.94. The number of hydrogen-bond donors (Lipinski definition) is 1. The van der Waals surface area contributed by atoms with E-state index in [0.717, 1.165) is 27.5 Å². The lowest BCUT2D eigenvalue weighted by Gasteiger charge is -2.19. The van der Waals surface area contributed by atoms with Crippen molar-refractivity contribution in [2.24, 2.45) is 0 Å². The van der Waals surface area contributed by atoms with Crippen LogP contribution in [0.25, 0.3) is 0 Å². The van der Waals surface area contributed by atoms with E-state index in [1.807, 2.05) is 30.3 Å². The van der Waals surface area contributed by atoms with E-state index in [9.17, 15) is 4.39 Å². The lowest BCUT2D eigenvalue weighted by atomic mass is 9.98. The minimum Gasteiger partial charge on any atom is -0.314 e. The van der Waals surface area contributed by atoms with Gasteiger partial charge in [-0.15, -0.1) is 0 Å². The molecule has 0 aromatic heterocycles. The molecule has 1 unspecified atom stereocenters. The van der Waals surface area contributed by atoms with Crippen LogP contribution in [-0.2, 0) is 12.8 Å². The smallest absolute Gasteiger partial charge is 0.127 e. The molecule has 1 N–H and O–H groups in total. The van der Waals surface area contributed by atoms with Crippen LogP contribution >= 0.6 is 31.9 Å². The molecule has 2 aromatic rings. The summed E-state index contributed by atoms with van der Waals surface area (Å²) in [6.07, 6.45) is 1.54. The normalized spacial score (nSPS) is 12.4. The molecule has 0 saturated heterocycles. The van der Waals surface area contributed by atoms with Crippen molar-refractivity contribution in [3.05, 3.63) is 68.4 Å². The molecule has 0 fully saturated rings. The summed E-state index contributed by atoms with van der Waals surface area (Å²) in [7, 11) is 0. The third kappa shape index (κ3) is 4.90. The number of halogens is 3. The first-order valence-corrected chi connectivity index (χ1v) is 8.59. The monoisotopic (exact) mass is 413 g/mol. The molecule has 0 saturated carbocycles. The Labute approximate surface area is 142 Å². The molecule has 0 heterocycles. The van der Waals surface area contributed by atoms with Gasteiger partial charge >= 0.3 is 0 Å². The Kier molecular flexibility index (Phi) is 6.40. The van der Waals surface area contributed by atoms with Crippen LogP contribution in [0.4, 0.5) is 4.39 Å². The highest BCUT2D eigenvalue weighted by Crippen LogP contribution is 2.21. The zero-order valence-electron chi connectivity index (χ0n) is 11.9. The zero-order valence-corrected chi connectivity index (χ0v) is 15.0. The van der Waals surface area contributed by atoms with Crippen molar-refractivity contribution in [3.63, 3.8) is 0 Å². The Morgan fingerprint density at radius 3 is 2.43 bits per heavy atom. The van der Waals surface area contributed by atoms with E-state index in [1.165, 1.54) is 11.6 Å². The standard InChI is InChI=1S/C17H18Br2FN/c1-2-21-15(9-12-5-3-4-6-16(12)19)10-13-7-8-14(18)11-17(13)20/h3-8,11,15,21H,2,9-10H2,1H3. The average Bonchev–Trinajstić information content (AvgIpc) is 2.44. The molecule has 2 rings (SSSR count). The minimum absolute atomic E-state index is 0.153. The van der Waals surface area contributed by atoms with E-state index in [2.05, 4.69) is 50.2 Å². The zero-order chi connectivity index (χ0) is 15.2. The van der Waals surface area contributed by atoms with E-state index in [-0.39, 0.29) is 11.9 Å². The molecule has 1 nitrogen and oxygen atoms in total. The molecule has 0 aliphatic rings. The maximum Gasteiger partial charge on any atom is 0.127 e. The van der Waals surface area contributed by atoms with Gasteiger partial charge in [-0.05, 0) is 48.7 Å². The Morgan fingerprint density at radius 1 is 1.05 bits per heavy atom. The van der Waals surface area contributed by atoms with E-state index < -0.39 is 0 Å². The highest BCUT2D eigenvalue weighted by molar-refractivity contribution is 9.10. The van der Waals surface area contributed by atoms with Crippen molar-refractivity contribution in [1.82, 2.24) is 5.32 Å². The number of hydrogen-bond acceptors (Lipinski definition) is 1. The second kappa shape index (κ2) is 8.06. The first-order valence-electron chi connectivity index (χ1n) is 7.01. The van der Waals surface area contributed by atoms with Gasteiger partial charge in [-0.1, -0.05) is 63.0 Å². The van der Waals surface area contributed by atoms with Crippen LogP contribution in [0, 0.1) is 5.82 Å². The van der Waals surface area contributed by atoms with Gasteiger partial charge in [0.2, 0.25) is 0 Å². The van der Waals surface area contributed by atoms with Crippen LogP contribution in [0.1, 0.15) is 18.1 Å². The second-order valence-corrected chi connectivity index (χ2v) is 6.76. The lowest BCUT2D eigenvalue weighted by molar-refractivity contribution is 0.505. The maximum atomic E-state index is 14.0. The van der Waals surface area contributed by atoms with Crippen LogP contribution in [0.15, 0.2) is 51.4 Å². The molecule has 0 amide bonds. The summed E-state index contributed by atoms with van der Waals surface area (Å²) in [6, 6.07) is 13.7. The number of rotatable bonds is 6. The van der Waals surface area contributed by atoms with Crippen LogP contribution < -0.4 is 5.32 Å². The van der Waals surface area contributed by atoms with Gasteiger partial charge in [0.15, 0.2) is 0 Å². The molecule has 4 heteroatoms. The second-order valence-electron chi connectivity index (χ2n) is 4.99. The van der Waals surface area contributed by atoms with Gasteiger partial charge in [0.25, 0.3) is 0 Å². The summed E-state index contributed by atoms with van der Waals surface area (Å²) in [4.78, 5) is 0. The van der Waals surface area contributed by atoms with E-state index in [4.69, 9.17) is 0 Å². The van der Waals surface area contributed by atoms with E-state index >= 15 is 0 Å². The number of nitrogens with one attached hydrogen (secondary N) is 1. The molecule has 0 aliphatic carbocycles. The summed E-state index contributed by atoms with van der Waals surface area (Å²) < 4.78 is 15.9. The van der Waals surface area contributed by atoms with Gasteiger partial charge in [0.05, 0.1) is 0 Å². The topological polar surface area (TPSA) is 12.0 Å². The van der Waals surface area contributed by atoms with Crippen LogP contribution in [0.5, 0.6) is 0 Å². The Hall–Kier alpha value is -0.710. The van der Waals surface area contributed by atoms with E-state index in [1.54, 1.807) is 0 Å².